The standard InChI is InChI=1S/C16H18N4O/c21-16(15-7-4-8-17-18-15)20-11-9-19(10-12-20)13-14-5-2-1-3-6-14/h1-8H,9-13H2. The molecule has 5 nitrogen and oxygen atoms in total. The lowest BCUT2D eigenvalue weighted by Crippen LogP contribution is -2.48. The summed E-state index contributed by atoms with van der Waals surface area (Å²) in [5.41, 5.74) is 1.74. The average molecular weight is 282 g/mol. The van der Waals surface area contributed by atoms with Gasteiger partial charge in [0.05, 0.1) is 0 Å². The third kappa shape index (κ3) is 3.44. The Morgan fingerprint density at radius 3 is 2.43 bits per heavy atom. The fourth-order valence-corrected chi connectivity index (χ4v) is 2.53. The van der Waals surface area contributed by atoms with Gasteiger partial charge in [-0.15, -0.1) is 5.10 Å². The second-order valence-electron chi connectivity index (χ2n) is 5.16. The van der Waals surface area contributed by atoms with Gasteiger partial charge >= 0.3 is 0 Å². The van der Waals surface area contributed by atoms with Crippen molar-refractivity contribution in [1.82, 2.24) is 20.0 Å². The van der Waals surface area contributed by atoms with E-state index in [2.05, 4.69) is 39.4 Å². The van der Waals surface area contributed by atoms with Crippen LogP contribution in [0.3, 0.4) is 0 Å². The number of benzene rings is 1. The van der Waals surface area contributed by atoms with Crippen LogP contribution in [0.2, 0.25) is 0 Å². The van der Waals surface area contributed by atoms with Crippen molar-refractivity contribution >= 4 is 5.91 Å². The summed E-state index contributed by atoms with van der Waals surface area (Å²) in [5, 5.41) is 7.65. The first-order valence-corrected chi connectivity index (χ1v) is 7.16. The van der Waals surface area contributed by atoms with E-state index in [9.17, 15) is 4.79 Å². The van der Waals surface area contributed by atoms with E-state index in [1.165, 1.54) is 5.56 Å². The predicted octanol–water partition coefficient (Wildman–Crippen LogP) is 1.43. The minimum atomic E-state index is -0.0255. The van der Waals surface area contributed by atoms with Gasteiger partial charge in [0, 0.05) is 38.9 Å². The van der Waals surface area contributed by atoms with E-state index < -0.39 is 0 Å². The lowest BCUT2D eigenvalue weighted by molar-refractivity contribution is 0.0621. The molecule has 0 spiro atoms. The minimum absolute atomic E-state index is 0.0255. The molecule has 0 saturated carbocycles. The minimum Gasteiger partial charge on any atom is -0.335 e. The molecule has 108 valence electrons. The number of carbonyl (C=O) groups is 1. The van der Waals surface area contributed by atoms with Crippen molar-refractivity contribution in [2.75, 3.05) is 26.2 Å². The van der Waals surface area contributed by atoms with E-state index in [0.29, 0.717) is 5.69 Å². The lowest BCUT2D eigenvalue weighted by atomic mass is 10.2. The summed E-state index contributed by atoms with van der Waals surface area (Å²) in [5.74, 6) is -0.0255. The molecule has 0 bridgehead atoms. The number of aromatic nitrogens is 2. The maximum atomic E-state index is 12.3. The maximum Gasteiger partial charge on any atom is 0.274 e. The van der Waals surface area contributed by atoms with Crippen LogP contribution < -0.4 is 0 Å². The third-order valence-corrected chi connectivity index (χ3v) is 3.70. The molecule has 2 heterocycles. The van der Waals surface area contributed by atoms with Gasteiger partial charge in [-0.3, -0.25) is 9.69 Å². The number of piperazine rings is 1. The highest BCUT2D eigenvalue weighted by Gasteiger charge is 2.22. The van der Waals surface area contributed by atoms with Gasteiger partial charge in [-0.05, 0) is 17.7 Å². The average Bonchev–Trinajstić information content (AvgIpc) is 2.57. The molecule has 1 aromatic carbocycles. The Labute approximate surface area is 124 Å². The molecule has 1 aliphatic heterocycles. The summed E-state index contributed by atoms with van der Waals surface area (Å²) in [6, 6.07) is 13.9. The van der Waals surface area contributed by atoms with Gasteiger partial charge in [0.15, 0.2) is 5.69 Å². The van der Waals surface area contributed by atoms with Gasteiger partial charge in [-0.25, -0.2) is 0 Å². The van der Waals surface area contributed by atoms with Gasteiger partial charge < -0.3 is 4.90 Å². The first-order valence-electron chi connectivity index (χ1n) is 7.16. The Balaban J connectivity index is 1.54. The largest absolute Gasteiger partial charge is 0.335 e. The highest BCUT2D eigenvalue weighted by atomic mass is 16.2. The monoisotopic (exact) mass is 282 g/mol. The van der Waals surface area contributed by atoms with Crippen LogP contribution in [-0.2, 0) is 6.54 Å². The molecule has 0 N–H and O–H groups in total. The fraction of sp³-hybridized carbons (Fsp3) is 0.312. The SMILES string of the molecule is O=C(c1cccnn1)N1CCN(Cc2ccccc2)CC1. The van der Waals surface area contributed by atoms with Crippen LogP contribution >= 0.6 is 0 Å². The second-order valence-corrected chi connectivity index (χ2v) is 5.16. The van der Waals surface area contributed by atoms with Crippen LogP contribution in [0.4, 0.5) is 0 Å². The summed E-state index contributed by atoms with van der Waals surface area (Å²) in [7, 11) is 0. The molecular formula is C16H18N4O. The number of carbonyl (C=O) groups excluding carboxylic acids is 1. The molecule has 0 radical (unpaired) electrons. The van der Waals surface area contributed by atoms with Crippen molar-refractivity contribution in [2.24, 2.45) is 0 Å². The van der Waals surface area contributed by atoms with E-state index >= 15 is 0 Å². The summed E-state index contributed by atoms with van der Waals surface area (Å²) in [6.45, 7) is 4.19. The van der Waals surface area contributed by atoms with Gasteiger partial charge in [-0.1, -0.05) is 30.3 Å². The summed E-state index contributed by atoms with van der Waals surface area (Å²) in [6.07, 6.45) is 1.58. The number of hydrogen-bond donors (Lipinski definition) is 0. The van der Waals surface area contributed by atoms with E-state index in [4.69, 9.17) is 0 Å². The molecule has 1 aromatic heterocycles. The highest BCUT2D eigenvalue weighted by Crippen LogP contribution is 2.10. The van der Waals surface area contributed by atoms with Gasteiger partial charge in [0.1, 0.15) is 0 Å². The Kier molecular flexibility index (Phi) is 4.21. The molecule has 1 fully saturated rings. The predicted molar refractivity (Wildman–Crippen MR) is 79.7 cm³/mol. The van der Waals surface area contributed by atoms with Crippen molar-refractivity contribution in [3.05, 3.63) is 59.9 Å². The normalized spacial score (nSPS) is 15.9. The Morgan fingerprint density at radius 1 is 1.00 bits per heavy atom. The van der Waals surface area contributed by atoms with Crippen molar-refractivity contribution < 1.29 is 4.79 Å². The summed E-state index contributed by atoms with van der Waals surface area (Å²) in [4.78, 5) is 16.5. The molecule has 21 heavy (non-hydrogen) atoms. The molecule has 1 saturated heterocycles. The van der Waals surface area contributed by atoms with Crippen LogP contribution in [0.15, 0.2) is 48.7 Å². The van der Waals surface area contributed by atoms with Crippen LogP contribution in [0.1, 0.15) is 16.1 Å². The molecule has 3 rings (SSSR count). The van der Waals surface area contributed by atoms with E-state index in [1.54, 1.807) is 18.3 Å². The fourth-order valence-electron chi connectivity index (χ4n) is 2.53. The number of hydrogen-bond acceptors (Lipinski definition) is 4. The van der Waals surface area contributed by atoms with Crippen molar-refractivity contribution in [3.8, 4) is 0 Å². The number of rotatable bonds is 3. The zero-order chi connectivity index (χ0) is 14.5. The van der Waals surface area contributed by atoms with Gasteiger partial charge in [-0.2, -0.15) is 5.10 Å². The summed E-state index contributed by atoms with van der Waals surface area (Å²) >= 11 is 0. The first-order chi connectivity index (χ1) is 10.3. The molecule has 2 aromatic rings. The van der Waals surface area contributed by atoms with Crippen molar-refractivity contribution in [2.45, 2.75) is 6.54 Å². The Morgan fingerprint density at radius 2 is 1.76 bits per heavy atom. The van der Waals surface area contributed by atoms with Crippen LogP contribution in [-0.4, -0.2) is 52.1 Å². The van der Waals surface area contributed by atoms with E-state index in [0.717, 1.165) is 32.7 Å². The molecule has 5 heteroatoms. The Hall–Kier alpha value is -2.27. The second kappa shape index (κ2) is 6.45. The van der Waals surface area contributed by atoms with Crippen molar-refractivity contribution in [3.63, 3.8) is 0 Å². The highest BCUT2D eigenvalue weighted by molar-refractivity contribution is 5.92. The van der Waals surface area contributed by atoms with Crippen molar-refractivity contribution in [1.29, 1.82) is 0 Å². The molecular weight excluding hydrogens is 264 g/mol. The molecule has 1 aliphatic rings. The van der Waals surface area contributed by atoms with E-state index in [1.807, 2.05) is 11.0 Å². The molecule has 0 unspecified atom stereocenters. The summed E-state index contributed by atoms with van der Waals surface area (Å²) < 4.78 is 0. The van der Waals surface area contributed by atoms with Crippen LogP contribution in [0.5, 0.6) is 0 Å². The number of nitrogens with zero attached hydrogens (tertiary/aromatic N) is 4. The smallest absolute Gasteiger partial charge is 0.274 e. The quantitative estimate of drug-likeness (QED) is 0.854. The van der Waals surface area contributed by atoms with Crippen LogP contribution in [0, 0.1) is 0 Å². The first kappa shape index (κ1) is 13.7. The lowest BCUT2D eigenvalue weighted by Gasteiger charge is -2.34. The maximum absolute atomic E-state index is 12.3. The number of amides is 1. The zero-order valence-electron chi connectivity index (χ0n) is 11.9. The topological polar surface area (TPSA) is 49.3 Å². The van der Waals surface area contributed by atoms with Gasteiger partial charge in [0.2, 0.25) is 0 Å². The Bertz CT molecular complexity index is 580. The van der Waals surface area contributed by atoms with Gasteiger partial charge in [0.25, 0.3) is 5.91 Å². The zero-order valence-corrected chi connectivity index (χ0v) is 11.9. The molecule has 1 amide bonds. The van der Waals surface area contributed by atoms with E-state index in [-0.39, 0.29) is 5.91 Å². The molecule has 0 atom stereocenters. The van der Waals surface area contributed by atoms with Crippen LogP contribution in [0.25, 0.3) is 0 Å². The molecule has 0 aliphatic carbocycles. The third-order valence-electron chi connectivity index (χ3n) is 3.70.